The summed E-state index contributed by atoms with van der Waals surface area (Å²) in [5, 5.41) is 22.9. The van der Waals surface area contributed by atoms with Gasteiger partial charge in [0.2, 0.25) is 5.91 Å². The van der Waals surface area contributed by atoms with Gasteiger partial charge < -0.3 is 20.3 Å². The van der Waals surface area contributed by atoms with Gasteiger partial charge in [0.15, 0.2) is 0 Å². The zero-order chi connectivity index (χ0) is 39.4. The van der Waals surface area contributed by atoms with Crippen LogP contribution in [0.15, 0.2) is 36.5 Å². The molecule has 3 N–H and O–H groups in total. The third-order valence-corrected chi connectivity index (χ3v) is 10.4. The molecule has 0 fully saturated rings. The van der Waals surface area contributed by atoms with Crippen molar-refractivity contribution in [3.05, 3.63) is 36.5 Å². The molecule has 0 heterocycles. The number of amides is 1. The lowest BCUT2D eigenvalue weighted by Crippen LogP contribution is -2.45. The molecule has 6 heteroatoms. The monoisotopic (exact) mass is 760 g/mol. The van der Waals surface area contributed by atoms with E-state index in [9.17, 15) is 19.8 Å². The first-order valence-corrected chi connectivity index (χ1v) is 23.3. The van der Waals surface area contributed by atoms with Gasteiger partial charge in [-0.3, -0.25) is 9.59 Å². The van der Waals surface area contributed by atoms with Crippen molar-refractivity contribution in [2.75, 3.05) is 13.2 Å². The number of aliphatic hydroxyl groups is 2. The summed E-state index contributed by atoms with van der Waals surface area (Å²) in [6.07, 6.45) is 51.3. The Hall–Kier alpha value is -1.92. The maximum Gasteiger partial charge on any atom is 0.305 e. The van der Waals surface area contributed by atoms with E-state index in [1.54, 1.807) is 6.08 Å². The molecule has 0 saturated carbocycles. The van der Waals surface area contributed by atoms with Crippen LogP contribution >= 0.6 is 0 Å². The molecule has 2 unspecified atom stereocenters. The number of ether oxygens (including phenoxy) is 1. The van der Waals surface area contributed by atoms with Crippen LogP contribution in [0.4, 0.5) is 0 Å². The highest BCUT2D eigenvalue weighted by atomic mass is 16.5. The average Bonchev–Trinajstić information content (AvgIpc) is 3.17. The molecule has 0 aromatic carbocycles. The number of allylic oxidation sites excluding steroid dienone is 5. The van der Waals surface area contributed by atoms with Crippen molar-refractivity contribution >= 4 is 11.9 Å². The normalized spacial score (nSPS) is 13.0. The lowest BCUT2D eigenvalue weighted by molar-refractivity contribution is -0.143. The minimum Gasteiger partial charge on any atom is -0.466 e. The third-order valence-electron chi connectivity index (χ3n) is 10.4. The third kappa shape index (κ3) is 39.8. The molecule has 0 bridgehead atoms. The molecule has 0 spiro atoms. The minimum atomic E-state index is -0.860. The van der Waals surface area contributed by atoms with Gasteiger partial charge in [-0.15, -0.1) is 0 Å². The fraction of sp³-hybridized carbons (Fsp3) is 0.833. The Kier molecular flexibility index (Phi) is 42.2. The molecule has 0 rings (SSSR count). The molecule has 6 nitrogen and oxygen atoms in total. The van der Waals surface area contributed by atoms with Crippen LogP contribution in [-0.4, -0.2) is 47.4 Å². The summed E-state index contributed by atoms with van der Waals surface area (Å²) >= 11 is 0. The number of esters is 1. The summed E-state index contributed by atoms with van der Waals surface area (Å²) in [7, 11) is 0. The van der Waals surface area contributed by atoms with Gasteiger partial charge in [-0.1, -0.05) is 179 Å². The molecule has 1 amide bonds. The lowest BCUT2D eigenvalue weighted by Gasteiger charge is -2.19. The molecule has 54 heavy (non-hydrogen) atoms. The summed E-state index contributed by atoms with van der Waals surface area (Å²) in [4.78, 5) is 24.3. The van der Waals surface area contributed by atoms with E-state index >= 15 is 0 Å². The van der Waals surface area contributed by atoms with Crippen LogP contribution in [0.2, 0.25) is 0 Å². The molecular weight excluding hydrogens is 671 g/mol. The van der Waals surface area contributed by atoms with Crippen LogP contribution in [0.25, 0.3) is 0 Å². The molecule has 0 radical (unpaired) electrons. The number of carbonyl (C=O) groups is 2. The van der Waals surface area contributed by atoms with E-state index in [0.717, 1.165) is 70.6 Å². The van der Waals surface area contributed by atoms with Gasteiger partial charge in [-0.25, -0.2) is 0 Å². The molecule has 316 valence electrons. The first-order valence-electron chi connectivity index (χ1n) is 23.3. The van der Waals surface area contributed by atoms with Crippen LogP contribution in [-0.2, 0) is 14.3 Å². The molecule has 0 aliphatic heterocycles. The van der Waals surface area contributed by atoms with E-state index in [1.165, 1.54) is 135 Å². The van der Waals surface area contributed by atoms with Crippen molar-refractivity contribution in [1.82, 2.24) is 5.32 Å². The molecule has 0 aliphatic carbocycles. The maximum atomic E-state index is 12.4. The van der Waals surface area contributed by atoms with E-state index < -0.39 is 12.1 Å². The summed E-state index contributed by atoms with van der Waals surface area (Å²) in [6, 6.07) is -0.647. The second-order valence-corrected chi connectivity index (χ2v) is 15.7. The van der Waals surface area contributed by atoms with Gasteiger partial charge in [0.1, 0.15) is 0 Å². The highest BCUT2D eigenvalue weighted by Gasteiger charge is 2.18. The Morgan fingerprint density at radius 1 is 0.500 bits per heavy atom. The molecule has 2 atom stereocenters. The highest BCUT2D eigenvalue weighted by molar-refractivity contribution is 5.76. The predicted octanol–water partition coefficient (Wildman–Crippen LogP) is 13.3. The number of hydrogen-bond acceptors (Lipinski definition) is 5. The number of unbranched alkanes of at least 4 members (excludes halogenated alkanes) is 27. The number of carbonyl (C=O) groups excluding carboxylic acids is 2. The number of rotatable bonds is 42. The zero-order valence-corrected chi connectivity index (χ0v) is 35.7. The quantitative estimate of drug-likeness (QED) is 0.0327. The van der Waals surface area contributed by atoms with Crippen molar-refractivity contribution in [1.29, 1.82) is 0 Å². The second kappa shape index (κ2) is 43.8. The zero-order valence-electron chi connectivity index (χ0n) is 35.7. The first kappa shape index (κ1) is 52.1. The Morgan fingerprint density at radius 3 is 1.39 bits per heavy atom. The summed E-state index contributed by atoms with van der Waals surface area (Å²) in [6.45, 7) is 4.80. The van der Waals surface area contributed by atoms with Crippen molar-refractivity contribution in [2.24, 2.45) is 0 Å². The van der Waals surface area contributed by atoms with Crippen LogP contribution < -0.4 is 5.32 Å². The van der Waals surface area contributed by atoms with Crippen LogP contribution in [0.3, 0.4) is 0 Å². The van der Waals surface area contributed by atoms with E-state index in [4.69, 9.17) is 4.74 Å². The van der Waals surface area contributed by atoms with Crippen molar-refractivity contribution in [3.8, 4) is 0 Å². The maximum absolute atomic E-state index is 12.4. The predicted molar refractivity (Wildman–Crippen MR) is 232 cm³/mol. The number of hydrogen-bond donors (Lipinski definition) is 3. The van der Waals surface area contributed by atoms with Gasteiger partial charge in [-0.2, -0.15) is 0 Å². The van der Waals surface area contributed by atoms with E-state index in [-0.39, 0.29) is 18.5 Å². The molecule has 0 aliphatic rings. The summed E-state index contributed by atoms with van der Waals surface area (Å²) < 4.78 is 5.42. The lowest BCUT2D eigenvalue weighted by atomic mass is 10.0. The Balaban J connectivity index is 3.57. The standard InChI is InChI=1S/C48H89NO5/c1-3-5-7-9-11-13-15-17-21-24-28-32-36-40-46(51)45(44-50)49-47(52)41-37-33-29-25-22-18-16-19-23-27-31-35-39-43-54-48(53)42-38-34-30-26-20-14-12-10-8-6-4-2/h10,12,18,22,36,40,45-46,50-51H,3-9,11,13-17,19-21,23-35,37-39,41-44H2,1-2H3,(H,49,52)/b12-10-,22-18-,40-36+. The molecule has 0 saturated heterocycles. The Labute approximate surface area is 334 Å². The van der Waals surface area contributed by atoms with E-state index in [1.807, 2.05) is 6.08 Å². The van der Waals surface area contributed by atoms with E-state index in [0.29, 0.717) is 19.4 Å². The van der Waals surface area contributed by atoms with Crippen LogP contribution in [0.1, 0.15) is 232 Å². The molecular formula is C48H89NO5. The second-order valence-electron chi connectivity index (χ2n) is 15.7. The molecule has 0 aromatic heterocycles. The summed E-state index contributed by atoms with van der Waals surface area (Å²) in [5.41, 5.74) is 0. The van der Waals surface area contributed by atoms with E-state index in [2.05, 4.69) is 43.5 Å². The topological polar surface area (TPSA) is 95.9 Å². The highest BCUT2D eigenvalue weighted by Crippen LogP contribution is 2.14. The largest absolute Gasteiger partial charge is 0.466 e. The fourth-order valence-corrected chi connectivity index (χ4v) is 6.72. The number of nitrogens with one attached hydrogen (secondary N) is 1. The van der Waals surface area contributed by atoms with Crippen LogP contribution in [0.5, 0.6) is 0 Å². The minimum absolute atomic E-state index is 0.0262. The Bertz CT molecular complexity index is 884. The summed E-state index contributed by atoms with van der Waals surface area (Å²) in [5.74, 6) is -0.127. The van der Waals surface area contributed by atoms with Crippen LogP contribution in [0, 0.1) is 0 Å². The first-order chi connectivity index (χ1) is 26.5. The smallest absolute Gasteiger partial charge is 0.305 e. The van der Waals surface area contributed by atoms with Crippen molar-refractivity contribution < 1.29 is 24.5 Å². The van der Waals surface area contributed by atoms with Gasteiger partial charge >= 0.3 is 5.97 Å². The fourth-order valence-electron chi connectivity index (χ4n) is 6.72. The SMILES string of the molecule is CCCC/C=C\CCCCCCCC(=O)OCCCCCCCC/C=C\CCCCCC(=O)NC(CO)C(O)/C=C/CCCCCCCCCCCCC. The number of aliphatic hydroxyl groups excluding tert-OH is 2. The Morgan fingerprint density at radius 2 is 0.889 bits per heavy atom. The van der Waals surface area contributed by atoms with Crippen molar-refractivity contribution in [2.45, 2.75) is 244 Å². The van der Waals surface area contributed by atoms with Gasteiger partial charge in [-0.05, 0) is 77.0 Å². The van der Waals surface area contributed by atoms with Gasteiger partial charge in [0.25, 0.3) is 0 Å². The average molecular weight is 760 g/mol. The van der Waals surface area contributed by atoms with Gasteiger partial charge in [0, 0.05) is 12.8 Å². The van der Waals surface area contributed by atoms with Crippen molar-refractivity contribution in [3.63, 3.8) is 0 Å². The van der Waals surface area contributed by atoms with Gasteiger partial charge in [0.05, 0.1) is 25.4 Å². The molecule has 0 aromatic rings.